The fraction of sp³-hybridized carbons (Fsp3) is 0.615. The van der Waals surface area contributed by atoms with Crippen LogP contribution in [0.15, 0.2) is 16.8 Å². The second kappa shape index (κ2) is 6.47. The van der Waals surface area contributed by atoms with E-state index in [0.717, 1.165) is 18.7 Å². The Morgan fingerprint density at radius 3 is 2.95 bits per heavy atom. The zero-order valence-electron chi connectivity index (χ0n) is 11.0. The molecule has 19 heavy (non-hydrogen) atoms. The average molecular weight is 284 g/mol. The van der Waals surface area contributed by atoms with Crippen molar-refractivity contribution in [3.8, 4) is 0 Å². The number of amides is 1. The summed E-state index contributed by atoms with van der Waals surface area (Å²) in [5.41, 5.74) is 0.0849. The predicted octanol–water partition coefficient (Wildman–Crippen LogP) is 0.666. The molecule has 6 heteroatoms. The van der Waals surface area contributed by atoms with E-state index in [4.69, 9.17) is 4.74 Å². The Hall–Kier alpha value is -0.950. The monoisotopic (exact) mass is 284 g/mol. The van der Waals surface area contributed by atoms with E-state index in [0.29, 0.717) is 12.8 Å². The highest BCUT2D eigenvalue weighted by atomic mass is 32.1. The summed E-state index contributed by atoms with van der Waals surface area (Å²) in [4.78, 5) is 12.3. The molecule has 0 aromatic carbocycles. The third-order valence-electron chi connectivity index (χ3n) is 3.60. The summed E-state index contributed by atoms with van der Waals surface area (Å²) >= 11 is 1.53. The maximum absolute atomic E-state index is 12.3. The van der Waals surface area contributed by atoms with Crippen LogP contribution in [0, 0.1) is 0 Å². The summed E-state index contributed by atoms with van der Waals surface area (Å²) in [6.07, 6.45) is 0.652. The van der Waals surface area contributed by atoms with Gasteiger partial charge in [-0.25, -0.2) is 0 Å². The first-order chi connectivity index (χ1) is 9.18. The lowest BCUT2D eigenvalue weighted by Gasteiger charge is -2.35. The van der Waals surface area contributed by atoms with Crippen molar-refractivity contribution < 1.29 is 14.6 Å². The molecule has 1 aliphatic rings. The Morgan fingerprint density at radius 1 is 1.63 bits per heavy atom. The number of ether oxygens (including phenoxy) is 1. The van der Waals surface area contributed by atoms with Crippen LogP contribution >= 0.6 is 11.3 Å². The normalized spacial score (nSPS) is 19.9. The molecule has 2 rings (SSSR count). The van der Waals surface area contributed by atoms with Gasteiger partial charge in [0, 0.05) is 13.7 Å². The Balaban J connectivity index is 1.89. The molecule has 1 amide bonds. The van der Waals surface area contributed by atoms with Gasteiger partial charge in [-0.05, 0) is 48.3 Å². The van der Waals surface area contributed by atoms with E-state index in [-0.39, 0.29) is 12.5 Å². The van der Waals surface area contributed by atoms with Gasteiger partial charge in [0.2, 0.25) is 0 Å². The standard InChI is InChI=1S/C13H20N2O3S/c1-18-13(3-5-14-6-4-13)12(17)15-8-11(16)10-2-7-19-9-10/h2,7,9,11,14,16H,3-6,8H2,1H3,(H,15,17). The first-order valence-electron chi connectivity index (χ1n) is 6.42. The van der Waals surface area contributed by atoms with Gasteiger partial charge in [-0.15, -0.1) is 0 Å². The second-order valence-electron chi connectivity index (χ2n) is 4.73. The number of hydrogen-bond donors (Lipinski definition) is 3. The minimum atomic E-state index is -0.750. The number of thiophene rings is 1. The SMILES string of the molecule is COC1(C(=O)NCC(O)c2ccsc2)CCNCC1. The van der Waals surface area contributed by atoms with E-state index in [1.54, 1.807) is 7.11 Å². The van der Waals surface area contributed by atoms with Crippen molar-refractivity contribution in [1.82, 2.24) is 10.6 Å². The fourth-order valence-corrected chi connectivity index (χ4v) is 2.99. The van der Waals surface area contributed by atoms with Gasteiger partial charge in [-0.2, -0.15) is 11.3 Å². The number of aliphatic hydroxyl groups is 1. The first kappa shape index (κ1) is 14.5. The van der Waals surface area contributed by atoms with Gasteiger partial charge < -0.3 is 20.5 Å². The van der Waals surface area contributed by atoms with Crippen LogP contribution in [0.25, 0.3) is 0 Å². The average Bonchev–Trinajstić information content (AvgIpc) is 2.99. The molecule has 3 N–H and O–H groups in total. The van der Waals surface area contributed by atoms with Crippen LogP contribution in [0.2, 0.25) is 0 Å². The molecule has 1 aromatic rings. The molecule has 1 fully saturated rings. The van der Waals surface area contributed by atoms with E-state index in [2.05, 4.69) is 10.6 Å². The van der Waals surface area contributed by atoms with E-state index < -0.39 is 11.7 Å². The molecule has 0 aliphatic carbocycles. The van der Waals surface area contributed by atoms with Gasteiger partial charge in [0.15, 0.2) is 0 Å². The minimum Gasteiger partial charge on any atom is -0.387 e. The molecular formula is C13H20N2O3S. The highest BCUT2D eigenvalue weighted by Gasteiger charge is 2.39. The van der Waals surface area contributed by atoms with Gasteiger partial charge in [0.05, 0.1) is 6.10 Å². The Kier molecular flexibility index (Phi) is 4.93. The number of methoxy groups -OCH3 is 1. The molecule has 1 atom stereocenters. The highest BCUT2D eigenvalue weighted by molar-refractivity contribution is 7.07. The van der Waals surface area contributed by atoms with Crippen molar-refractivity contribution in [3.05, 3.63) is 22.4 Å². The summed E-state index contributed by atoms with van der Waals surface area (Å²) in [6, 6.07) is 1.86. The number of piperidine rings is 1. The summed E-state index contributed by atoms with van der Waals surface area (Å²) < 4.78 is 5.43. The Bertz CT molecular complexity index is 402. The molecule has 106 valence electrons. The van der Waals surface area contributed by atoms with Crippen LogP contribution < -0.4 is 10.6 Å². The summed E-state index contributed by atoms with van der Waals surface area (Å²) in [5, 5.41) is 19.7. The lowest BCUT2D eigenvalue weighted by Crippen LogP contribution is -2.54. The second-order valence-corrected chi connectivity index (χ2v) is 5.51. The van der Waals surface area contributed by atoms with Gasteiger partial charge in [0.1, 0.15) is 5.60 Å². The van der Waals surface area contributed by atoms with Gasteiger partial charge in [-0.1, -0.05) is 0 Å². The maximum Gasteiger partial charge on any atom is 0.252 e. The van der Waals surface area contributed by atoms with E-state index >= 15 is 0 Å². The number of hydrogen-bond acceptors (Lipinski definition) is 5. The molecule has 1 saturated heterocycles. The molecule has 0 saturated carbocycles. The number of rotatable bonds is 5. The van der Waals surface area contributed by atoms with Crippen molar-refractivity contribution in [2.24, 2.45) is 0 Å². The fourth-order valence-electron chi connectivity index (χ4n) is 2.29. The van der Waals surface area contributed by atoms with Crippen molar-refractivity contribution in [3.63, 3.8) is 0 Å². The summed E-state index contributed by atoms with van der Waals surface area (Å²) in [5.74, 6) is -0.134. The van der Waals surface area contributed by atoms with Gasteiger partial charge >= 0.3 is 0 Å². The molecular weight excluding hydrogens is 264 g/mol. The lowest BCUT2D eigenvalue weighted by atomic mass is 9.91. The molecule has 2 heterocycles. The van der Waals surface area contributed by atoms with Crippen LogP contribution in [0.3, 0.4) is 0 Å². The smallest absolute Gasteiger partial charge is 0.252 e. The highest BCUT2D eigenvalue weighted by Crippen LogP contribution is 2.23. The number of nitrogens with one attached hydrogen (secondary N) is 2. The van der Waals surface area contributed by atoms with Gasteiger partial charge in [0.25, 0.3) is 5.91 Å². The topological polar surface area (TPSA) is 70.6 Å². The molecule has 0 bridgehead atoms. The van der Waals surface area contributed by atoms with Crippen LogP contribution in [0.1, 0.15) is 24.5 Å². The van der Waals surface area contributed by atoms with E-state index in [9.17, 15) is 9.90 Å². The zero-order valence-corrected chi connectivity index (χ0v) is 11.8. The van der Waals surface area contributed by atoms with Crippen LogP contribution in [-0.2, 0) is 9.53 Å². The third kappa shape index (κ3) is 3.33. The molecule has 0 spiro atoms. The van der Waals surface area contributed by atoms with Crippen molar-refractivity contribution in [2.45, 2.75) is 24.5 Å². The Labute approximate surface area is 117 Å². The molecule has 1 aliphatic heterocycles. The number of carbonyl (C=O) groups is 1. The number of carbonyl (C=O) groups excluding carboxylic acids is 1. The molecule has 0 radical (unpaired) electrons. The van der Waals surface area contributed by atoms with Crippen molar-refractivity contribution >= 4 is 17.2 Å². The van der Waals surface area contributed by atoms with Crippen LogP contribution in [-0.4, -0.2) is 43.4 Å². The quantitative estimate of drug-likeness (QED) is 0.743. The summed E-state index contributed by atoms with van der Waals surface area (Å²) in [6.45, 7) is 1.76. The van der Waals surface area contributed by atoms with E-state index in [1.807, 2.05) is 16.8 Å². The Morgan fingerprint density at radius 2 is 2.37 bits per heavy atom. The van der Waals surface area contributed by atoms with Crippen molar-refractivity contribution in [1.29, 1.82) is 0 Å². The minimum absolute atomic E-state index is 0.134. The summed E-state index contributed by atoms with van der Waals surface area (Å²) in [7, 11) is 1.57. The molecule has 1 unspecified atom stereocenters. The first-order valence-corrected chi connectivity index (χ1v) is 7.36. The maximum atomic E-state index is 12.3. The third-order valence-corrected chi connectivity index (χ3v) is 4.30. The van der Waals surface area contributed by atoms with E-state index in [1.165, 1.54) is 11.3 Å². The molecule has 5 nitrogen and oxygen atoms in total. The largest absolute Gasteiger partial charge is 0.387 e. The predicted molar refractivity (Wildman–Crippen MR) is 74.1 cm³/mol. The lowest BCUT2D eigenvalue weighted by molar-refractivity contribution is -0.147. The molecule has 1 aromatic heterocycles. The number of aliphatic hydroxyl groups excluding tert-OH is 1. The van der Waals surface area contributed by atoms with Crippen LogP contribution in [0.5, 0.6) is 0 Å². The zero-order chi connectivity index (χ0) is 13.7. The van der Waals surface area contributed by atoms with Crippen LogP contribution in [0.4, 0.5) is 0 Å². The van der Waals surface area contributed by atoms with Gasteiger partial charge in [-0.3, -0.25) is 4.79 Å². The van der Waals surface area contributed by atoms with Crippen molar-refractivity contribution in [2.75, 3.05) is 26.7 Å².